The van der Waals surface area contributed by atoms with E-state index in [9.17, 15) is 8.42 Å². The molecule has 1 fully saturated rings. The first-order valence-electron chi connectivity index (χ1n) is 8.59. The Bertz CT molecular complexity index is 791. The zero-order valence-electron chi connectivity index (χ0n) is 14.6. The highest BCUT2D eigenvalue weighted by atomic mass is 32.2. The number of hydrogen-bond donors (Lipinski definition) is 1. The van der Waals surface area contributed by atoms with Gasteiger partial charge in [0.05, 0.1) is 4.90 Å². The molecule has 1 N–H and O–H groups in total. The number of sulfonamides is 1. The van der Waals surface area contributed by atoms with Crippen molar-refractivity contribution >= 4 is 10.0 Å². The first-order valence-corrected chi connectivity index (χ1v) is 10.0. The molecule has 2 unspecified atom stereocenters. The predicted molar refractivity (Wildman–Crippen MR) is 93.4 cm³/mol. The molecular formula is C17H24N4O3S. The van der Waals surface area contributed by atoms with Gasteiger partial charge >= 0.3 is 0 Å². The van der Waals surface area contributed by atoms with E-state index in [0.29, 0.717) is 36.0 Å². The minimum atomic E-state index is -3.58. The average molecular weight is 364 g/mol. The fourth-order valence-electron chi connectivity index (χ4n) is 3.03. The Balaban J connectivity index is 1.87. The van der Waals surface area contributed by atoms with Crippen LogP contribution in [-0.4, -0.2) is 42.5 Å². The average Bonchev–Trinajstić information content (AvgIpc) is 3.10. The third kappa shape index (κ3) is 3.91. The number of nitrogens with one attached hydrogen (secondary N) is 1. The quantitative estimate of drug-likeness (QED) is 0.845. The van der Waals surface area contributed by atoms with E-state index in [-0.39, 0.29) is 6.04 Å². The number of nitrogens with zero attached hydrogens (tertiary/aromatic N) is 3. The second-order valence-electron chi connectivity index (χ2n) is 6.38. The van der Waals surface area contributed by atoms with E-state index in [2.05, 4.69) is 15.5 Å². The Kier molecular flexibility index (Phi) is 5.51. The third-order valence-corrected chi connectivity index (χ3v) is 6.48. The zero-order valence-corrected chi connectivity index (χ0v) is 15.4. The maximum absolute atomic E-state index is 13.0. The summed E-state index contributed by atoms with van der Waals surface area (Å²) in [6.45, 7) is 2.50. The van der Waals surface area contributed by atoms with Gasteiger partial charge in [-0.05, 0) is 38.9 Å². The molecule has 136 valence electrons. The highest BCUT2D eigenvalue weighted by Gasteiger charge is 2.37. The monoisotopic (exact) mass is 364 g/mol. The van der Waals surface area contributed by atoms with Gasteiger partial charge in [0, 0.05) is 19.0 Å². The summed E-state index contributed by atoms with van der Waals surface area (Å²) in [7, 11) is -1.71. The Labute approximate surface area is 148 Å². The van der Waals surface area contributed by atoms with Crippen LogP contribution in [0.15, 0.2) is 39.8 Å². The van der Waals surface area contributed by atoms with Gasteiger partial charge in [0.15, 0.2) is 5.82 Å². The molecule has 0 aliphatic carbocycles. The molecule has 0 radical (unpaired) electrons. The van der Waals surface area contributed by atoms with Crippen LogP contribution < -0.4 is 5.32 Å². The Morgan fingerprint density at radius 3 is 2.80 bits per heavy atom. The predicted octanol–water partition coefficient (Wildman–Crippen LogP) is 2.14. The van der Waals surface area contributed by atoms with Crippen LogP contribution >= 0.6 is 0 Å². The highest BCUT2D eigenvalue weighted by Crippen LogP contribution is 2.34. The summed E-state index contributed by atoms with van der Waals surface area (Å²) >= 11 is 0. The molecule has 2 heterocycles. The zero-order chi connectivity index (χ0) is 17.9. The van der Waals surface area contributed by atoms with Gasteiger partial charge in [0.1, 0.15) is 6.04 Å². The number of rotatable bonds is 6. The number of hydrogen-bond acceptors (Lipinski definition) is 6. The standard InChI is InChI=1S/C17H24N4O3S/c1-13(18-2)12-16-19-17(24-20-16)15-10-6-7-11-21(15)25(22,23)14-8-4-3-5-9-14/h3-5,8-9,13,15,18H,6-7,10-12H2,1-2H3. The van der Waals surface area contributed by atoms with Crippen molar-refractivity contribution < 1.29 is 12.9 Å². The van der Waals surface area contributed by atoms with E-state index in [4.69, 9.17) is 4.52 Å². The lowest BCUT2D eigenvalue weighted by atomic mass is 10.1. The first-order chi connectivity index (χ1) is 12.0. The van der Waals surface area contributed by atoms with Gasteiger partial charge in [-0.1, -0.05) is 29.8 Å². The molecule has 1 aliphatic rings. The van der Waals surface area contributed by atoms with E-state index in [1.807, 2.05) is 14.0 Å². The van der Waals surface area contributed by atoms with Crippen LogP contribution in [0.25, 0.3) is 0 Å². The van der Waals surface area contributed by atoms with E-state index < -0.39 is 16.1 Å². The molecule has 7 nitrogen and oxygen atoms in total. The largest absolute Gasteiger partial charge is 0.338 e. The van der Waals surface area contributed by atoms with Gasteiger partial charge in [-0.15, -0.1) is 0 Å². The summed E-state index contributed by atoms with van der Waals surface area (Å²) in [6, 6.07) is 8.33. The van der Waals surface area contributed by atoms with Gasteiger partial charge in [-0.2, -0.15) is 9.29 Å². The summed E-state index contributed by atoms with van der Waals surface area (Å²) in [6.07, 6.45) is 3.10. The normalized spacial score (nSPS) is 20.5. The summed E-state index contributed by atoms with van der Waals surface area (Å²) in [4.78, 5) is 4.75. The molecule has 1 aromatic carbocycles. The number of likely N-dealkylation sites (N-methyl/N-ethyl adjacent to an activating group) is 1. The smallest absolute Gasteiger partial charge is 0.245 e. The summed E-state index contributed by atoms with van der Waals surface area (Å²) in [5.74, 6) is 0.983. The lowest BCUT2D eigenvalue weighted by molar-refractivity contribution is 0.204. The maximum atomic E-state index is 13.0. The van der Waals surface area contributed by atoms with Crippen LogP contribution in [0.3, 0.4) is 0 Å². The molecule has 2 atom stereocenters. The molecule has 2 aromatic rings. The van der Waals surface area contributed by atoms with Gasteiger partial charge in [0.25, 0.3) is 0 Å². The molecule has 3 rings (SSSR count). The Hall–Kier alpha value is -1.77. The SMILES string of the molecule is CNC(C)Cc1noc(C2CCCCN2S(=O)(=O)c2ccccc2)n1. The molecule has 1 saturated heterocycles. The fourth-order valence-corrected chi connectivity index (χ4v) is 4.70. The van der Waals surface area contributed by atoms with Crippen molar-refractivity contribution in [1.29, 1.82) is 0 Å². The van der Waals surface area contributed by atoms with Crippen molar-refractivity contribution in [2.75, 3.05) is 13.6 Å². The van der Waals surface area contributed by atoms with Crippen LogP contribution in [0.1, 0.15) is 43.9 Å². The molecule has 25 heavy (non-hydrogen) atoms. The van der Waals surface area contributed by atoms with Gasteiger partial charge < -0.3 is 9.84 Å². The molecule has 1 aromatic heterocycles. The first kappa shape index (κ1) is 18.0. The van der Waals surface area contributed by atoms with E-state index in [1.165, 1.54) is 4.31 Å². The molecule has 0 bridgehead atoms. The maximum Gasteiger partial charge on any atom is 0.245 e. The van der Waals surface area contributed by atoms with E-state index in [1.54, 1.807) is 30.3 Å². The Morgan fingerprint density at radius 1 is 1.32 bits per heavy atom. The number of piperidine rings is 1. The van der Waals surface area contributed by atoms with Crippen LogP contribution in [-0.2, 0) is 16.4 Å². The topological polar surface area (TPSA) is 88.3 Å². The molecule has 0 saturated carbocycles. The van der Waals surface area contributed by atoms with Crippen LogP contribution in [0.4, 0.5) is 0 Å². The van der Waals surface area contributed by atoms with E-state index in [0.717, 1.165) is 12.8 Å². The molecule has 1 aliphatic heterocycles. The molecule has 8 heteroatoms. The number of benzene rings is 1. The minimum Gasteiger partial charge on any atom is -0.338 e. The minimum absolute atomic E-state index is 0.223. The van der Waals surface area contributed by atoms with Crippen molar-refractivity contribution in [2.45, 2.75) is 49.6 Å². The van der Waals surface area contributed by atoms with Crippen molar-refractivity contribution in [3.8, 4) is 0 Å². The second kappa shape index (κ2) is 7.63. The van der Waals surface area contributed by atoms with Crippen molar-refractivity contribution in [1.82, 2.24) is 19.8 Å². The van der Waals surface area contributed by atoms with Crippen LogP contribution in [0.2, 0.25) is 0 Å². The Morgan fingerprint density at radius 2 is 2.08 bits per heavy atom. The summed E-state index contributed by atoms with van der Waals surface area (Å²) in [5, 5.41) is 7.15. The van der Waals surface area contributed by atoms with Crippen molar-refractivity contribution in [3.63, 3.8) is 0 Å². The van der Waals surface area contributed by atoms with Crippen LogP contribution in [0.5, 0.6) is 0 Å². The lowest BCUT2D eigenvalue weighted by Crippen LogP contribution is -2.38. The van der Waals surface area contributed by atoms with E-state index >= 15 is 0 Å². The van der Waals surface area contributed by atoms with Crippen LogP contribution in [0, 0.1) is 0 Å². The van der Waals surface area contributed by atoms with Crippen molar-refractivity contribution in [2.24, 2.45) is 0 Å². The van der Waals surface area contributed by atoms with Gasteiger partial charge in [-0.25, -0.2) is 8.42 Å². The fraction of sp³-hybridized carbons (Fsp3) is 0.529. The molecule has 0 spiro atoms. The summed E-state index contributed by atoms with van der Waals surface area (Å²) in [5.41, 5.74) is 0. The summed E-state index contributed by atoms with van der Waals surface area (Å²) < 4.78 is 33.0. The molecule has 0 amide bonds. The highest BCUT2D eigenvalue weighted by molar-refractivity contribution is 7.89. The lowest BCUT2D eigenvalue weighted by Gasteiger charge is -2.32. The third-order valence-electron chi connectivity index (χ3n) is 4.55. The van der Waals surface area contributed by atoms with Gasteiger partial charge in [0.2, 0.25) is 15.9 Å². The molecular weight excluding hydrogens is 340 g/mol. The van der Waals surface area contributed by atoms with Crippen molar-refractivity contribution in [3.05, 3.63) is 42.0 Å². The van der Waals surface area contributed by atoms with Gasteiger partial charge in [-0.3, -0.25) is 0 Å². The second-order valence-corrected chi connectivity index (χ2v) is 8.27. The number of aromatic nitrogens is 2.